The van der Waals surface area contributed by atoms with Crippen LogP contribution in [-0.2, 0) is 16.1 Å². The molecule has 1 unspecified atom stereocenters. The van der Waals surface area contributed by atoms with Gasteiger partial charge >= 0.3 is 0 Å². The van der Waals surface area contributed by atoms with Gasteiger partial charge in [0.05, 0.1) is 18.7 Å². The summed E-state index contributed by atoms with van der Waals surface area (Å²) in [6.45, 7) is 0.814. The first-order valence-electron chi connectivity index (χ1n) is 8.95. The molecule has 5 nitrogen and oxygen atoms in total. The lowest BCUT2D eigenvalue weighted by atomic mass is 10.1. The second-order valence-corrected chi connectivity index (χ2v) is 6.69. The molecule has 1 aliphatic heterocycles. The van der Waals surface area contributed by atoms with Crippen LogP contribution in [0.4, 0.5) is 5.69 Å². The van der Waals surface area contributed by atoms with Gasteiger partial charge in [-0.2, -0.15) is 0 Å². The van der Waals surface area contributed by atoms with Crippen molar-refractivity contribution in [1.82, 2.24) is 4.90 Å². The number of rotatable bonds is 5. The molecule has 1 aromatic heterocycles. The Balaban J connectivity index is 1.37. The molecule has 0 bridgehead atoms. The molecule has 4 rings (SSSR count). The van der Waals surface area contributed by atoms with Crippen molar-refractivity contribution in [2.75, 3.05) is 11.9 Å². The molecule has 0 aliphatic carbocycles. The van der Waals surface area contributed by atoms with Gasteiger partial charge in [0.25, 0.3) is 0 Å². The number of hydrogen-bond donors (Lipinski definition) is 1. The minimum absolute atomic E-state index is 0.0222. The fourth-order valence-electron chi connectivity index (χ4n) is 3.31. The quantitative estimate of drug-likeness (QED) is 0.750. The predicted octanol–water partition coefficient (Wildman–Crippen LogP) is 3.93. The maximum Gasteiger partial charge on any atom is 0.229 e. The summed E-state index contributed by atoms with van der Waals surface area (Å²) in [4.78, 5) is 26.4. The molecular weight excluding hydrogens is 340 g/mol. The highest BCUT2D eigenvalue weighted by Crippen LogP contribution is 2.24. The van der Waals surface area contributed by atoms with Crippen molar-refractivity contribution in [2.45, 2.75) is 13.0 Å². The van der Waals surface area contributed by atoms with E-state index in [-0.39, 0.29) is 24.2 Å². The smallest absolute Gasteiger partial charge is 0.229 e. The number of nitrogens with one attached hydrogen (secondary N) is 1. The zero-order valence-corrected chi connectivity index (χ0v) is 14.8. The number of likely N-dealkylation sites (tertiary alicyclic amines) is 1. The van der Waals surface area contributed by atoms with E-state index in [1.165, 1.54) is 0 Å². The number of furan rings is 1. The van der Waals surface area contributed by atoms with Crippen LogP contribution >= 0.6 is 0 Å². The maximum absolute atomic E-state index is 12.5. The molecular formula is C22H20N2O3. The summed E-state index contributed by atoms with van der Waals surface area (Å²) in [7, 11) is 0. The molecule has 1 fully saturated rings. The van der Waals surface area contributed by atoms with Gasteiger partial charge in [-0.3, -0.25) is 9.59 Å². The van der Waals surface area contributed by atoms with Gasteiger partial charge in [-0.25, -0.2) is 0 Å². The van der Waals surface area contributed by atoms with Crippen LogP contribution in [0.25, 0.3) is 11.1 Å². The van der Waals surface area contributed by atoms with Gasteiger partial charge in [0.15, 0.2) is 0 Å². The van der Waals surface area contributed by atoms with E-state index in [0.717, 1.165) is 22.6 Å². The molecule has 27 heavy (non-hydrogen) atoms. The molecule has 1 aliphatic rings. The van der Waals surface area contributed by atoms with Crippen molar-refractivity contribution in [3.05, 3.63) is 78.8 Å². The molecule has 2 heterocycles. The van der Waals surface area contributed by atoms with Crippen LogP contribution in [0, 0.1) is 5.92 Å². The largest absolute Gasteiger partial charge is 0.467 e. The van der Waals surface area contributed by atoms with Gasteiger partial charge < -0.3 is 14.6 Å². The molecule has 3 aromatic rings. The summed E-state index contributed by atoms with van der Waals surface area (Å²) in [6.07, 6.45) is 1.81. The lowest BCUT2D eigenvalue weighted by molar-refractivity contribution is -0.128. The molecule has 2 aromatic carbocycles. The number of amides is 2. The number of carbonyl (C=O) groups excluding carboxylic acids is 2. The van der Waals surface area contributed by atoms with Crippen LogP contribution in [0.5, 0.6) is 0 Å². The van der Waals surface area contributed by atoms with Crippen LogP contribution in [0.3, 0.4) is 0 Å². The molecule has 1 atom stereocenters. The van der Waals surface area contributed by atoms with Crippen LogP contribution in [0.1, 0.15) is 12.2 Å². The van der Waals surface area contributed by atoms with Gasteiger partial charge in [0.2, 0.25) is 11.8 Å². The summed E-state index contributed by atoms with van der Waals surface area (Å²) in [6, 6.07) is 21.4. The minimum atomic E-state index is -0.346. The second-order valence-electron chi connectivity index (χ2n) is 6.69. The number of hydrogen-bond acceptors (Lipinski definition) is 3. The molecule has 136 valence electrons. The Morgan fingerprint density at radius 2 is 1.74 bits per heavy atom. The molecule has 0 saturated carbocycles. The van der Waals surface area contributed by atoms with Crippen LogP contribution in [0.2, 0.25) is 0 Å². The first-order valence-corrected chi connectivity index (χ1v) is 8.95. The monoisotopic (exact) mass is 360 g/mol. The lowest BCUT2D eigenvalue weighted by Crippen LogP contribution is -2.27. The topological polar surface area (TPSA) is 62.6 Å². The van der Waals surface area contributed by atoms with Crippen LogP contribution in [-0.4, -0.2) is 23.3 Å². The third kappa shape index (κ3) is 3.92. The van der Waals surface area contributed by atoms with E-state index >= 15 is 0 Å². The lowest BCUT2D eigenvalue weighted by Gasteiger charge is -2.15. The fraction of sp³-hybridized carbons (Fsp3) is 0.182. The molecule has 5 heteroatoms. The molecule has 0 radical (unpaired) electrons. The van der Waals surface area contributed by atoms with Crippen molar-refractivity contribution in [3.63, 3.8) is 0 Å². The third-order valence-corrected chi connectivity index (χ3v) is 4.77. The van der Waals surface area contributed by atoms with Crippen molar-refractivity contribution >= 4 is 17.5 Å². The average molecular weight is 360 g/mol. The molecule has 1 saturated heterocycles. The van der Waals surface area contributed by atoms with Crippen molar-refractivity contribution in [3.8, 4) is 11.1 Å². The first-order chi connectivity index (χ1) is 13.2. The van der Waals surface area contributed by atoms with E-state index < -0.39 is 0 Å². The van der Waals surface area contributed by atoms with Crippen molar-refractivity contribution in [2.24, 2.45) is 5.92 Å². The standard InChI is InChI=1S/C22H20N2O3/c25-21-13-18(14-24(21)15-20-7-4-12-27-20)22(26)23-19-10-8-17(9-11-19)16-5-2-1-3-6-16/h1-12,18H,13-15H2,(H,23,26). The van der Waals surface area contributed by atoms with E-state index in [9.17, 15) is 9.59 Å². The van der Waals surface area contributed by atoms with Gasteiger partial charge in [0.1, 0.15) is 5.76 Å². The summed E-state index contributed by atoms with van der Waals surface area (Å²) < 4.78 is 5.29. The second kappa shape index (κ2) is 7.50. The Morgan fingerprint density at radius 3 is 2.44 bits per heavy atom. The Bertz CT molecular complexity index is 918. The first kappa shape index (κ1) is 17.1. The highest BCUT2D eigenvalue weighted by atomic mass is 16.3. The van der Waals surface area contributed by atoms with Gasteiger partial charge in [-0.05, 0) is 35.4 Å². The molecule has 1 N–H and O–H groups in total. The molecule has 0 spiro atoms. The zero-order valence-electron chi connectivity index (χ0n) is 14.8. The number of anilines is 1. The normalized spacial score (nSPS) is 16.5. The minimum Gasteiger partial charge on any atom is -0.467 e. The van der Waals surface area contributed by atoms with Gasteiger partial charge in [-0.15, -0.1) is 0 Å². The number of nitrogens with zero attached hydrogens (tertiary/aromatic N) is 1. The van der Waals surface area contributed by atoms with E-state index in [1.54, 1.807) is 17.2 Å². The van der Waals surface area contributed by atoms with Crippen LogP contribution < -0.4 is 5.32 Å². The van der Waals surface area contributed by atoms with Crippen molar-refractivity contribution < 1.29 is 14.0 Å². The Morgan fingerprint density at radius 1 is 1.00 bits per heavy atom. The van der Waals surface area contributed by atoms with Gasteiger partial charge in [0, 0.05) is 18.7 Å². The fourth-order valence-corrected chi connectivity index (χ4v) is 3.31. The summed E-state index contributed by atoms with van der Waals surface area (Å²) >= 11 is 0. The predicted molar refractivity (Wildman–Crippen MR) is 103 cm³/mol. The Labute approximate surface area is 157 Å². The van der Waals surface area contributed by atoms with E-state index in [1.807, 2.05) is 60.7 Å². The SMILES string of the molecule is O=C(Nc1ccc(-c2ccccc2)cc1)C1CC(=O)N(Cc2ccco2)C1. The summed E-state index contributed by atoms with van der Waals surface area (Å²) in [5, 5.41) is 2.92. The Kier molecular flexibility index (Phi) is 4.75. The molecule has 2 amide bonds. The van der Waals surface area contributed by atoms with Crippen molar-refractivity contribution in [1.29, 1.82) is 0 Å². The van der Waals surface area contributed by atoms with Gasteiger partial charge in [-0.1, -0.05) is 42.5 Å². The van der Waals surface area contributed by atoms with E-state index in [2.05, 4.69) is 5.32 Å². The van der Waals surface area contributed by atoms with Crippen LogP contribution in [0.15, 0.2) is 77.4 Å². The number of benzene rings is 2. The maximum atomic E-state index is 12.5. The van der Waals surface area contributed by atoms with E-state index in [4.69, 9.17) is 4.42 Å². The summed E-state index contributed by atoms with van der Waals surface area (Å²) in [5.41, 5.74) is 2.95. The Hall–Kier alpha value is -3.34. The third-order valence-electron chi connectivity index (χ3n) is 4.77. The highest BCUT2D eigenvalue weighted by Gasteiger charge is 2.34. The summed E-state index contributed by atoms with van der Waals surface area (Å²) in [5.74, 6) is 0.228. The average Bonchev–Trinajstić information content (AvgIpc) is 3.34. The highest BCUT2D eigenvalue weighted by molar-refractivity contribution is 5.97. The zero-order chi connectivity index (χ0) is 18.6. The van der Waals surface area contributed by atoms with E-state index in [0.29, 0.717) is 13.1 Å². The number of carbonyl (C=O) groups is 2.